The van der Waals surface area contributed by atoms with E-state index >= 15 is 0 Å². The highest BCUT2D eigenvalue weighted by Crippen LogP contribution is 2.30. The Labute approximate surface area is 204 Å². The number of nitrogens with zero attached hydrogens (tertiary/aromatic N) is 4. The molecule has 0 aliphatic heterocycles. The molecule has 0 aliphatic carbocycles. The Hall–Kier alpha value is -2.57. The third-order valence-corrected chi connectivity index (χ3v) is 6.12. The van der Waals surface area contributed by atoms with Gasteiger partial charge in [-0.05, 0) is 46.5 Å². The van der Waals surface area contributed by atoms with Gasteiger partial charge in [-0.2, -0.15) is 0 Å². The second-order valence-corrected chi connectivity index (χ2v) is 8.29. The summed E-state index contributed by atoms with van der Waals surface area (Å²) in [6.07, 6.45) is 6.97. The minimum absolute atomic E-state index is 0.0674. The van der Waals surface area contributed by atoms with Crippen molar-refractivity contribution < 1.29 is 4.79 Å². The molecule has 0 bridgehead atoms. The molecule has 0 aromatic carbocycles. The lowest BCUT2D eigenvalue weighted by atomic mass is 9.93. The first-order chi connectivity index (χ1) is 15.5. The molecule has 0 fully saturated rings. The second-order valence-electron chi connectivity index (χ2n) is 6.86. The van der Waals surface area contributed by atoms with Crippen LogP contribution in [0.25, 0.3) is 0 Å². The van der Waals surface area contributed by atoms with E-state index in [0.29, 0.717) is 34.3 Å². The zero-order valence-electron chi connectivity index (χ0n) is 16.4. The molecular weight excluding hydrogens is 490 g/mol. The minimum Gasteiger partial charge on any atom is -0.288 e. The van der Waals surface area contributed by atoms with Gasteiger partial charge in [-0.1, -0.05) is 58.5 Å². The summed E-state index contributed by atoms with van der Waals surface area (Å²) >= 11 is 25.2. The Morgan fingerprint density at radius 1 is 0.562 bits per heavy atom. The first kappa shape index (κ1) is 22.6. The van der Waals surface area contributed by atoms with Crippen molar-refractivity contribution in [3.05, 3.63) is 115 Å². The summed E-state index contributed by atoms with van der Waals surface area (Å²) in [6, 6.07) is 10.7. The molecule has 0 saturated carbocycles. The molecule has 0 spiro atoms. The Kier molecular flexibility index (Phi) is 7.01. The largest absolute Gasteiger partial charge is 0.288 e. The third kappa shape index (κ3) is 4.76. The molecule has 4 aromatic rings. The van der Waals surface area contributed by atoms with Crippen LogP contribution in [0.5, 0.6) is 0 Å². The third-order valence-electron chi connectivity index (χ3n) is 4.87. The lowest BCUT2D eigenvalue weighted by Crippen LogP contribution is -2.13. The molecule has 0 saturated heterocycles. The fraction of sp³-hybridized carbons (Fsp3) is 0.0870. The summed E-state index contributed by atoms with van der Waals surface area (Å²) in [6.45, 7) is 0. The molecule has 160 valence electrons. The SMILES string of the molecule is O=C(c1c(Cc2cccnc2Cl)ccnc1Cl)c1c(Cc2cccnc2Cl)ccnc1Cl. The number of halogens is 4. The van der Waals surface area contributed by atoms with Gasteiger partial charge in [0.25, 0.3) is 0 Å². The zero-order valence-corrected chi connectivity index (χ0v) is 19.4. The summed E-state index contributed by atoms with van der Waals surface area (Å²) in [4.78, 5) is 30.1. The monoisotopic (exact) mass is 502 g/mol. The van der Waals surface area contributed by atoms with E-state index < -0.39 is 0 Å². The second kappa shape index (κ2) is 9.92. The normalized spacial score (nSPS) is 10.9. The predicted octanol–water partition coefficient (Wildman–Crippen LogP) is 6.29. The quantitative estimate of drug-likeness (QED) is 0.228. The number of carbonyl (C=O) groups excluding carboxylic acids is 1. The number of carbonyl (C=O) groups is 1. The molecule has 5 nitrogen and oxygen atoms in total. The van der Waals surface area contributed by atoms with E-state index in [-0.39, 0.29) is 27.2 Å². The van der Waals surface area contributed by atoms with Crippen LogP contribution in [0.4, 0.5) is 0 Å². The van der Waals surface area contributed by atoms with Crippen LogP contribution in [0.1, 0.15) is 38.2 Å². The minimum atomic E-state index is -0.383. The molecule has 0 unspecified atom stereocenters. The molecule has 4 aromatic heterocycles. The van der Waals surface area contributed by atoms with Gasteiger partial charge in [0.2, 0.25) is 0 Å². The maximum absolute atomic E-state index is 13.7. The molecular formula is C23H14Cl4N4O. The van der Waals surface area contributed by atoms with Crippen molar-refractivity contribution in [3.63, 3.8) is 0 Å². The number of hydrogen-bond acceptors (Lipinski definition) is 5. The van der Waals surface area contributed by atoms with Crippen LogP contribution in [0.2, 0.25) is 20.6 Å². The maximum atomic E-state index is 13.7. The highest BCUT2D eigenvalue weighted by molar-refractivity contribution is 6.37. The van der Waals surface area contributed by atoms with E-state index in [1.807, 2.05) is 12.1 Å². The van der Waals surface area contributed by atoms with Gasteiger partial charge in [-0.25, -0.2) is 19.9 Å². The standard InChI is InChI=1S/C23H14Cl4N4O/c24-20-15(3-1-7-28-20)11-13-5-9-30-22(26)17(13)19(32)18-14(6-10-31-23(18)27)12-16-4-2-8-29-21(16)25/h1-10H,11-12H2. The van der Waals surface area contributed by atoms with Gasteiger partial charge in [-0.15, -0.1) is 0 Å². The van der Waals surface area contributed by atoms with Crippen LogP contribution >= 0.6 is 46.4 Å². The van der Waals surface area contributed by atoms with Crippen molar-refractivity contribution in [2.24, 2.45) is 0 Å². The highest BCUT2D eigenvalue weighted by Gasteiger charge is 2.25. The fourth-order valence-electron chi connectivity index (χ4n) is 3.36. The van der Waals surface area contributed by atoms with Crippen molar-refractivity contribution in [3.8, 4) is 0 Å². The topological polar surface area (TPSA) is 68.6 Å². The lowest BCUT2D eigenvalue weighted by Gasteiger charge is -2.14. The Morgan fingerprint density at radius 3 is 1.38 bits per heavy atom. The van der Waals surface area contributed by atoms with E-state index in [9.17, 15) is 4.79 Å². The Morgan fingerprint density at radius 2 is 0.969 bits per heavy atom. The van der Waals surface area contributed by atoms with Crippen molar-refractivity contribution >= 4 is 52.2 Å². The molecule has 32 heavy (non-hydrogen) atoms. The van der Waals surface area contributed by atoms with Crippen molar-refractivity contribution in [1.29, 1.82) is 0 Å². The zero-order chi connectivity index (χ0) is 22.7. The average Bonchev–Trinajstić information content (AvgIpc) is 2.77. The summed E-state index contributed by atoms with van der Waals surface area (Å²) in [5.74, 6) is -0.383. The van der Waals surface area contributed by atoms with Crippen LogP contribution < -0.4 is 0 Å². The summed E-state index contributed by atoms with van der Waals surface area (Å²) in [7, 11) is 0. The molecule has 0 amide bonds. The lowest BCUT2D eigenvalue weighted by molar-refractivity contribution is 0.103. The van der Waals surface area contributed by atoms with Crippen LogP contribution in [0, 0.1) is 0 Å². The summed E-state index contributed by atoms with van der Waals surface area (Å²) < 4.78 is 0. The highest BCUT2D eigenvalue weighted by atomic mass is 35.5. The van der Waals surface area contributed by atoms with E-state index in [0.717, 1.165) is 11.1 Å². The van der Waals surface area contributed by atoms with Crippen LogP contribution in [0.3, 0.4) is 0 Å². The van der Waals surface area contributed by atoms with Crippen LogP contribution in [0.15, 0.2) is 61.2 Å². The average molecular weight is 504 g/mol. The van der Waals surface area contributed by atoms with E-state index in [1.165, 1.54) is 0 Å². The van der Waals surface area contributed by atoms with E-state index in [2.05, 4.69) is 19.9 Å². The first-order valence-corrected chi connectivity index (χ1v) is 11.0. The van der Waals surface area contributed by atoms with Gasteiger partial charge in [0.15, 0.2) is 5.78 Å². The summed E-state index contributed by atoms with van der Waals surface area (Å²) in [5, 5.41) is 0.839. The first-order valence-electron chi connectivity index (χ1n) is 9.46. The molecule has 0 atom stereocenters. The summed E-state index contributed by atoms with van der Waals surface area (Å²) in [5.41, 5.74) is 3.28. The van der Waals surface area contributed by atoms with Gasteiger partial charge in [0.05, 0.1) is 11.1 Å². The van der Waals surface area contributed by atoms with Crippen molar-refractivity contribution in [1.82, 2.24) is 19.9 Å². The maximum Gasteiger partial charge on any atom is 0.199 e. The van der Waals surface area contributed by atoms with Crippen LogP contribution in [-0.2, 0) is 12.8 Å². The fourth-order valence-corrected chi connectivity index (χ4v) is 4.26. The molecule has 4 heterocycles. The number of pyridine rings is 4. The van der Waals surface area contributed by atoms with Gasteiger partial charge < -0.3 is 0 Å². The molecule has 9 heteroatoms. The Balaban J connectivity index is 1.79. The van der Waals surface area contributed by atoms with E-state index in [1.54, 1.807) is 49.1 Å². The van der Waals surface area contributed by atoms with Crippen molar-refractivity contribution in [2.45, 2.75) is 12.8 Å². The van der Waals surface area contributed by atoms with Crippen LogP contribution in [-0.4, -0.2) is 25.7 Å². The molecule has 0 N–H and O–H groups in total. The van der Waals surface area contributed by atoms with E-state index in [4.69, 9.17) is 46.4 Å². The van der Waals surface area contributed by atoms with Gasteiger partial charge in [-0.3, -0.25) is 4.79 Å². The molecule has 0 aliphatic rings. The van der Waals surface area contributed by atoms with Gasteiger partial charge in [0.1, 0.15) is 20.6 Å². The number of rotatable bonds is 6. The number of ketones is 1. The Bertz CT molecular complexity index is 1210. The van der Waals surface area contributed by atoms with Gasteiger partial charge in [0, 0.05) is 37.6 Å². The van der Waals surface area contributed by atoms with Crippen molar-refractivity contribution in [2.75, 3.05) is 0 Å². The molecule has 4 rings (SSSR count). The predicted molar refractivity (Wildman–Crippen MR) is 126 cm³/mol. The van der Waals surface area contributed by atoms with Gasteiger partial charge >= 0.3 is 0 Å². The smallest absolute Gasteiger partial charge is 0.199 e. The number of hydrogen-bond donors (Lipinski definition) is 0. The number of aromatic nitrogens is 4. The molecule has 0 radical (unpaired) electrons.